The number of imide groups is 1. The van der Waals surface area contributed by atoms with Crippen LogP contribution in [0.3, 0.4) is 0 Å². The van der Waals surface area contributed by atoms with E-state index in [4.69, 9.17) is 23.2 Å². The van der Waals surface area contributed by atoms with Crippen LogP contribution in [0.2, 0.25) is 10.0 Å². The molecule has 2 aromatic carbocycles. The van der Waals surface area contributed by atoms with Crippen molar-refractivity contribution in [3.63, 3.8) is 0 Å². The van der Waals surface area contributed by atoms with Gasteiger partial charge in [0.05, 0.1) is 16.1 Å². The first-order valence-electron chi connectivity index (χ1n) is 6.97. The van der Waals surface area contributed by atoms with Gasteiger partial charge in [-0.3, -0.25) is 14.5 Å². The number of nitrogens with zero attached hydrogens (tertiary/aromatic N) is 1. The third-order valence-electron chi connectivity index (χ3n) is 3.49. The highest BCUT2D eigenvalue weighted by molar-refractivity contribution is 6.35. The highest BCUT2D eigenvalue weighted by Crippen LogP contribution is 2.22. The average molecular weight is 344 g/mol. The van der Waals surface area contributed by atoms with Crippen LogP contribution in [0, 0.1) is 11.8 Å². The fourth-order valence-electron chi connectivity index (χ4n) is 2.36. The van der Waals surface area contributed by atoms with Crippen molar-refractivity contribution >= 4 is 35.0 Å². The standard InChI is InChI=1S/C18H11Cl2NO2/c19-13-9-8-12(16(20)11-13)5-3-4-10-21-17(22)14-6-1-2-7-15(14)18(21)23/h1-2,6-9,11H,4,10H2. The lowest BCUT2D eigenvalue weighted by Gasteiger charge is -2.11. The number of fused-ring (bicyclic) bond motifs is 1. The Hall–Kier alpha value is -2.28. The molecule has 0 spiro atoms. The summed E-state index contributed by atoms with van der Waals surface area (Å²) < 4.78 is 0. The molecule has 23 heavy (non-hydrogen) atoms. The zero-order chi connectivity index (χ0) is 16.4. The molecule has 0 aliphatic carbocycles. The van der Waals surface area contributed by atoms with E-state index in [1.807, 2.05) is 0 Å². The van der Waals surface area contributed by atoms with Crippen LogP contribution in [0.15, 0.2) is 42.5 Å². The summed E-state index contributed by atoms with van der Waals surface area (Å²) in [4.78, 5) is 25.6. The maximum absolute atomic E-state index is 12.2. The van der Waals surface area contributed by atoms with E-state index in [2.05, 4.69) is 11.8 Å². The van der Waals surface area contributed by atoms with Gasteiger partial charge in [0.15, 0.2) is 0 Å². The summed E-state index contributed by atoms with van der Waals surface area (Å²) in [7, 11) is 0. The van der Waals surface area contributed by atoms with E-state index >= 15 is 0 Å². The van der Waals surface area contributed by atoms with Crippen molar-refractivity contribution in [2.75, 3.05) is 6.54 Å². The van der Waals surface area contributed by atoms with Crippen molar-refractivity contribution in [3.8, 4) is 11.8 Å². The molecule has 114 valence electrons. The predicted octanol–water partition coefficient (Wildman–Crippen LogP) is 4.03. The highest BCUT2D eigenvalue weighted by atomic mass is 35.5. The van der Waals surface area contributed by atoms with Gasteiger partial charge >= 0.3 is 0 Å². The summed E-state index contributed by atoms with van der Waals surface area (Å²) in [6.45, 7) is 0.255. The first-order chi connectivity index (χ1) is 11.1. The summed E-state index contributed by atoms with van der Waals surface area (Å²) in [5.74, 6) is 5.32. The Balaban J connectivity index is 1.68. The summed E-state index contributed by atoms with van der Waals surface area (Å²) in [6.07, 6.45) is 0.379. The SMILES string of the molecule is O=C1c2ccccc2C(=O)N1CCC#Cc1ccc(Cl)cc1Cl. The molecule has 0 saturated heterocycles. The van der Waals surface area contributed by atoms with Crippen molar-refractivity contribution in [2.24, 2.45) is 0 Å². The lowest BCUT2D eigenvalue weighted by molar-refractivity contribution is 0.0658. The normalized spacial score (nSPS) is 12.9. The largest absolute Gasteiger partial charge is 0.273 e. The molecular formula is C18H11Cl2NO2. The molecule has 0 atom stereocenters. The van der Waals surface area contributed by atoms with Gasteiger partial charge in [0.1, 0.15) is 0 Å². The van der Waals surface area contributed by atoms with Crippen molar-refractivity contribution < 1.29 is 9.59 Å². The van der Waals surface area contributed by atoms with Crippen LogP contribution in [0.1, 0.15) is 32.7 Å². The number of halogens is 2. The van der Waals surface area contributed by atoms with Gasteiger partial charge in [0.25, 0.3) is 11.8 Å². The number of benzene rings is 2. The molecule has 0 N–H and O–H groups in total. The molecule has 5 heteroatoms. The number of hydrogen-bond acceptors (Lipinski definition) is 2. The first-order valence-corrected chi connectivity index (χ1v) is 7.72. The van der Waals surface area contributed by atoms with E-state index in [0.29, 0.717) is 33.2 Å². The summed E-state index contributed by atoms with van der Waals surface area (Å²) in [5.41, 5.74) is 1.57. The predicted molar refractivity (Wildman–Crippen MR) is 89.8 cm³/mol. The van der Waals surface area contributed by atoms with Crippen molar-refractivity contribution in [1.29, 1.82) is 0 Å². The lowest BCUT2D eigenvalue weighted by atomic mass is 10.1. The fourth-order valence-corrected chi connectivity index (χ4v) is 2.81. The lowest BCUT2D eigenvalue weighted by Crippen LogP contribution is -2.30. The minimum atomic E-state index is -0.267. The number of hydrogen-bond donors (Lipinski definition) is 0. The van der Waals surface area contributed by atoms with Crippen molar-refractivity contribution in [3.05, 3.63) is 69.2 Å². The Labute approximate surface area is 143 Å². The van der Waals surface area contributed by atoms with Crippen molar-refractivity contribution in [1.82, 2.24) is 4.90 Å². The van der Waals surface area contributed by atoms with Crippen LogP contribution in [-0.2, 0) is 0 Å². The van der Waals surface area contributed by atoms with Crippen LogP contribution >= 0.6 is 23.2 Å². The Morgan fingerprint density at radius 2 is 1.61 bits per heavy atom. The quantitative estimate of drug-likeness (QED) is 0.609. The Kier molecular flexibility index (Phi) is 4.38. The van der Waals surface area contributed by atoms with Gasteiger partial charge in [-0.15, -0.1) is 0 Å². The minimum Gasteiger partial charge on any atom is -0.273 e. The molecule has 1 heterocycles. The van der Waals surface area contributed by atoms with Gasteiger partial charge in [-0.1, -0.05) is 47.2 Å². The second-order valence-electron chi connectivity index (χ2n) is 4.98. The molecule has 2 amide bonds. The third-order valence-corrected chi connectivity index (χ3v) is 4.04. The molecule has 0 aromatic heterocycles. The molecule has 0 radical (unpaired) electrons. The van der Waals surface area contributed by atoms with E-state index in [-0.39, 0.29) is 18.4 Å². The van der Waals surface area contributed by atoms with Gasteiger partial charge in [0.2, 0.25) is 0 Å². The van der Waals surface area contributed by atoms with Crippen LogP contribution in [0.4, 0.5) is 0 Å². The molecule has 0 bridgehead atoms. The summed E-state index contributed by atoms with van der Waals surface area (Å²) in [5, 5.41) is 1.03. The second-order valence-corrected chi connectivity index (χ2v) is 5.83. The molecule has 3 nitrogen and oxygen atoms in total. The molecule has 0 unspecified atom stereocenters. The van der Waals surface area contributed by atoms with E-state index in [0.717, 1.165) is 0 Å². The maximum atomic E-state index is 12.2. The minimum absolute atomic E-state index is 0.255. The van der Waals surface area contributed by atoms with Gasteiger partial charge in [-0.05, 0) is 30.3 Å². The smallest absolute Gasteiger partial charge is 0.261 e. The first kappa shape index (κ1) is 15.6. The van der Waals surface area contributed by atoms with Crippen LogP contribution in [-0.4, -0.2) is 23.3 Å². The molecule has 2 aromatic rings. The van der Waals surface area contributed by atoms with E-state index in [1.165, 1.54) is 4.90 Å². The van der Waals surface area contributed by atoms with Crippen LogP contribution < -0.4 is 0 Å². The second kappa shape index (κ2) is 6.45. The van der Waals surface area contributed by atoms with Crippen LogP contribution in [0.25, 0.3) is 0 Å². The van der Waals surface area contributed by atoms with E-state index in [9.17, 15) is 9.59 Å². The maximum Gasteiger partial charge on any atom is 0.261 e. The third kappa shape index (κ3) is 3.10. The number of carbonyl (C=O) groups excluding carboxylic acids is 2. The van der Waals surface area contributed by atoms with E-state index in [1.54, 1.807) is 42.5 Å². The molecule has 3 rings (SSSR count). The Morgan fingerprint density at radius 3 is 2.22 bits per heavy atom. The van der Waals surface area contributed by atoms with Gasteiger partial charge in [-0.25, -0.2) is 0 Å². The Morgan fingerprint density at radius 1 is 0.957 bits per heavy atom. The molecule has 0 fully saturated rings. The van der Waals surface area contributed by atoms with Gasteiger partial charge in [-0.2, -0.15) is 0 Å². The zero-order valence-corrected chi connectivity index (χ0v) is 13.5. The number of carbonyl (C=O) groups is 2. The molecule has 1 aliphatic heterocycles. The summed E-state index contributed by atoms with van der Waals surface area (Å²) in [6, 6.07) is 11.9. The number of amides is 2. The monoisotopic (exact) mass is 343 g/mol. The van der Waals surface area contributed by atoms with Crippen molar-refractivity contribution in [2.45, 2.75) is 6.42 Å². The summed E-state index contributed by atoms with van der Waals surface area (Å²) >= 11 is 11.9. The van der Waals surface area contributed by atoms with Gasteiger partial charge < -0.3 is 0 Å². The molecule has 0 saturated carbocycles. The molecular weight excluding hydrogens is 333 g/mol. The number of rotatable bonds is 2. The topological polar surface area (TPSA) is 37.4 Å². The zero-order valence-electron chi connectivity index (χ0n) is 12.0. The highest BCUT2D eigenvalue weighted by Gasteiger charge is 2.34. The Bertz CT molecular complexity index is 830. The van der Waals surface area contributed by atoms with Gasteiger partial charge in [0, 0.05) is 23.6 Å². The van der Waals surface area contributed by atoms with E-state index < -0.39 is 0 Å². The fraction of sp³-hybridized carbons (Fsp3) is 0.111. The molecule has 1 aliphatic rings. The average Bonchev–Trinajstić information content (AvgIpc) is 2.78. The van der Waals surface area contributed by atoms with Crippen LogP contribution in [0.5, 0.6) is 0 Å².